The Morgan fingerprint density at radius 1 is 1.10 bits per heavy atom. The summed E-state index contributed by atoms with van der Waals surface area (Å²) in [4.78, 5) is 0. The highest BCUT2D eigenvalue weighted by atomic mass is 35.5. The van der Waals surface area contributed by atoms with Gasteiger partial charge in [-0.2, -0.15) is 5.26 Å². The maximum atomic E-state index is 13.3. The molecule has 0 saturated carbocycles. The van der Waals surface area contributed by atoms with Crippen molar-refractivity contribution in [1.82, 2.24) is 0 Å². The van der Waals surface area contributed by atoms with E-state index in [0.29, 0.717) is 21.3 Å². The molecule has 2 rings (SSSR count). The first-order valence-electron chi connectivity index (χ1n) is 5.87. The minimum atomic E-state index is -0.660. The van der Waals surface area contributed by atoms with Gasteiger partial charge in [-0.1, -0.05) is 23.2 Å². The smallest absolute Gasteiger partial charge is 0.140 e. The van der Waals surface area contributed by atoms with Gasteiger partial charge in [-0.25, -0.2) is 4.39 Å². The number of aryl methyl sites for hydroxylation is 1. The van der Waals surface area contributed by atoms with Crippen LogP contribution in [0.15, 0.2) is 36.4 Å². The molecule has 0 aliphatic heterocycles. The van der Waals surface area contributed by atoms with Crippen molar-refractivity contribution in [3.05, 3.63) is 63.4 Å². The maximum Gasteiger partial charge on any atom is 0.140 e. The molecule has 0 amide bonds. The van der Waals surface area contributed by atoms with Gasteiger partial charge in [-0.15, -0.1) is 0 Å². The molecule has 0 aliphatic rings. The standard InChI is InChI=1S/C15H11Cl2FN2/c1-9-2-13(18)7-14(3-9)20-15(8-19)10-4-11(16)6-12(17)5-10/h2-7,15,20H,1H3. The van der Waals surface area contributed by atoms with E-state index in [9.17, 15) is 9.65 Å². The molecule has 0 aromatic heterocycles. The lowest BCUT2D eigenvalue weighted by molar-refractivity contribution is 0.627. The molecule has 0 spiro atoms. The molecule has 0 heterocycles. The molecule has 1 atom stereocenters. The third-order valence-corrected chi connectivity index (χ3v) is 3.14. The Hall–Kier alpha value is -1.76. The molecule has 2 nitrogen and oxygen atoms in total. The number of benzene rings is 2. The minimum absolute atomic E-state index is 0.353. The third-order valence-electron chi connectivity index (χ3n) is 2.70. The number of nitrogens with one attached hydrogen (secondary N) is 1. The highest BCUT2D eigenvalue weighted by Crippen LogP contribution is 2.26. The van der Waals surface area contributed by atoms with Gasteiger partial charge in [-0.05, 0) is 54.4 Å². The van der Waals surface area contributed by atoms with Crippen LogP contribution in [-0.4, -0.2) is 0 Å². The van der Waals surface area contributed by atoms with Crippen molar-refractivity contribution in [3.63, 3.8) is 0 Å². The molecule has 20 heavy (non-hydrogen) atoms. The van der Waals surface area contributed by atoms with E-state index in [1.807, 2.05) is 0 Å². The van der Waals surface area contributed by atoms with Crippen LogP contribution in [0, 0.1) is 24.1 Å². The average molecular weight is 309 g/mol. The number of nitrogens with zero attached hydrogens (tertiary/aromatic N) is 1. The first kappa shape index (κ1) is 14.6. The fraction of sp³-hybridized carbons (Fsp3) is 0.133. The summed E-state index contributed by atoms with van der Waals surface area (Å²) in [5.41, 5.74) is 1.94. The Kier molecular flexibility index (Phi) is 4.49. The molecule has 2 aromatic carbocycles. The van der Waals surface area contributed by atoms with Crippen LogP contribution in [0.2, 0.25) is 10.0 Å². The van der Waals surface area contributed by atoms with Gasteiger partial charge in [0.2, 0.25) is 0 Å². The van der Waals surface area contributed by atoms with E-state index in [-0.39, 0.29) is 5.82 Å². The molecule has 0 fully saturated rings. The van der Waals surface area contributed by atoms with E-state index >= 15 is 0 Å². The maximum absolute atomic E-state index is 13.3. The average Bonchev–Trinajstić information content (AvgIpc) is 2.33. The van der Waals surface area contributed by atoms with Crippen molar-refractivity contribution >= 4 is 28.9 Å². The van der Waals surface area contributed by atoms with Gasteiger partial charge in [0.25, 0.3) is 0 Å². The van der Waals surface area contributed by atoms with Crippen LogP contribution in [0.4, 0.5) is 10.1 Å². The van der Waals surface area contributed by atoms with Crippen molar-refractivity contribution in [2.75, 3.05) is 5.32 Å². The molecular formula is C15H11Cl2FN2. The normalized spacial score (nSPS) is 11.8. The van der Waals surface area contributed by atoms with E-state index in [1.165, 1.54) is 12.1 Å². The monoisotopic (exact) mass is 308 g/mol. The van der Waals surface area contributed by atoms with Gasteiger partial charge in [0, 0.05) is 15.7 Å². The van der Waals surface area contributed by atoms with Crippen LogP contribution in [0.25, 0.3) is 0 Å². The van der Waals surface area contributed by atoms with Gasteiger partial charge in [0.15, 0.2) is 0 Å². The predicted octanol–water partition coefficient (Wildman–Crippen LogP) is 5.12. The number of rotatable bonds is 3. The lowest BCUT2D eigenvalue weighted by Crippen LogP contribution is -2.09. The number of nitriles is 1. The fourth-order valence-corrected chi connectivity index (χ4v) is 2.46. The highest BCUT2D eigenvalue weighted by molar-refractivity contribution is 6.34. The van der Waals surface area contributed by atoms with Crippen LogP contribution in [0.1, 0.15) is 17.2 Å². The van der Waals surface area contributed by atoms with E-state index in [2.05, 4.69) is 11.4 Å². The minimum Gasteiger partial charge on any atom is -0.366 e. The molecule has 102 valence electrons. The summed E-state index contributed by atoms with van der Waals surface area (Å²) in [6, 6.07) is 10.9. The van der Waals surface area contributed by atoms with Crippen LogP contribution in [-0.2, 0) is 0 Å². The Bertz CT molecular complexity index is 640. The lowest BCUT2D eigenvalue weighted by atomic mass is 10.1. The number of halogens is 3. The van der Waals surface area contributed by atoms with Gasteiger partial charge in [0.05, 0.1) is 6.07 Å². The summed E-state index contributed by atoms with van der Waals surface area (Å²) in [7, 11) is 0. The molecule has 5 heteroatoms. The Labute approximate surface area is 126 Å². The summed E-state index contributed by atoms with van der Waals surface area (Å²) in [6.07, 6.45) is 0. The molecular weight excluding hydrogens is 298 g/mol. The predicted molar refractivity (Wildman–Crippen MR) is 79.6 cm³/mol. The van der Waals surface area contributed by atoms with Crippen LogP contribution < -0.4 is 5.32 Å². The zero-order valence-electron chi connectivity index (χ0n) is 10.6. The van der Waals surface area contributed by atoms with E-state index < -0.39 is 6.04 Å². The largest absolute Gasteiger partial charge is 0.366 e. The summed E-state index contributed by atoms with van der Waals surface area (Å²) in [5, 5.41) is 13.1. The van der Waals surface area contributed by atoms with E-state index in [4.69, 9.17) is 23.2 Å². The van der Waals surface area contributed by atoms with Crippen molar-refractivity contribution in [1.29, 1.82) is 5.26 Å². The molecule has 1 unspecified atom stereocenters. The fourth-order valence-electron chi connectivity index (χ4n) is 1.92. The summed E-state index contributed by atoms with van der Waals surface area (Å²) in [6.45, 7) is 1.78. The molecule has 0 radical (unpaired) electrons. The van der Waals surface area contributed by atoms with Crippen molar-refractivity contribution in [3.8, 4) is 6.07 Å². The van der Waals surface area contributed by atoms with Crippen LogP contribution in [0.3, 0.4) is 0 Å². The number of hydrogen-bond donors (Lipinski definition) is 1. The second-order valence-corrected chi connectivity index (χ2v) is 5.30. The molecule has 1 N–H and O–H groups in total. The Morgan fingerprint density at radius 2 is 1.75 bits per heavy atom. The number of anilines is 1. The second-order valence-electron chi connectivity index (χ2n) is 4.43. The molecule has 0 saturated heterocycles. The molecule has 2 aromatic rings. The summed E-state index contributed by atoms with van der Waals surface area (Å²) in [5.74, 6) is -0.353. The Balaban J connectivity index is 2.31. The zero-order valence-corrected chi connectivity index (χ0v) is 12.1. The number of hydrogen-bond acceptors (Lipinski definition) is 2. The van der Waals surface area contributed by atoms with Gasteiger partial charge in [0.1, 0.15) is 11.9 Å². The van der Waals surface area contributed by atoms with E-state index in [0.717, 1.165) is 5.56 Å². The Morgan fingerprint density at radius 3 is 2.30 bits per heavy atom. The third kappa shape index (κ3) is 3.63. The van der Waals surface area contributed by atoms with Gasteiger partial charge in [-0.3, -0.25) is 0 Å². The zero-order chi connectivity index (χ0) is 14.7. The second kappa shape index (κ2) is 6.13. The first-order chi connectivity index (χ1) is 9.47. The lowest BCUT2D eigenvalue weighted by Gasteiger charge is -2.14. The molecule has 0 bridgehead atoms. The van der Waals surface area contributed by atoms with Crippen LogP contribution >= 0.6 is 23.2 Å². The van der Waals surface area contributed by atoms with E-state index in [1.54, 1.807) is 31.2 Å². The summed E-state index contributed by atoms with van der Waals surface area (Å²) < 4.78 is 13.3. The van der Waals surface area contributed by atoms with Gasteiger partial charge >= 0.3 is 0 Å². The topological polar surface area (TPSA) is 35.8 Å². The van der Waals surface area contributed by atoms with Crippen molar-refractivity contribution in [2.45, 2.75) is 13.0 Å². The quantitative estimate of drug-likeness (QED) is 0.854. The highest BCUT2D eigenvalue weighted by Gasteiger charge is 2.12. The van der Waals surface area contributed by atoms with Crippen molar-refractivity contribution < 1.29 is 4.39 Å². The van der Waals surface area contributed by atoms with Crippen LogP contribution in [0.5, 0.6) is 0 Å². The van der Waals surface area contributed by atoms with Crippen molar-refractivity contribution in [2.24, 2.45) is 0 Å². The summed E-state index contributed by atoms with van der Waals surface area (Å²) >= 11 is 11.8. The van der Waals surface area contributed by atoms with Gasteiger partial charge < -0.3 is 5.32 Å². The first-order valence-corrected chi connectivity index (χ1v) is 6.63. The molecule has 0 aliphatic carbocycles. The SMILES string of the molecule is Cc1cc(F)cc(NC(C#N)c2cc(Cl)cc(Cl)c2)c1.